The van der Waals surface area contributed by atoms with E-state index in [1.165, 1.54) is 31.0 Å². The fraction of sp³-hybridized carbons (Fsp3) is 0.462. The van der Waals surface area contributed by atoms with Crippen molar-refractivity contribution in [3.63, 3.8) is 0 Å². The summed E-state index contributed by atoms with van der Waals surface area (Å²) < 4.78 is 5.40. The number of phenols is 1. The van der Waals surface area contributed by atoms with E-state index in [1.807, 2.05) is 0 Å². The fourth-order valence-corrected chi connectivity index (χ4v) is 1.76. The van der Waals surface area contributed by atoms with Gasteiger partial charge in [0.25, 0.3) is 5.91 Å². The summed E-state index contributed by atoms with van der Waals surface area (Å²) in [5.74, 6) is 0.446. The monoisotopic (exact) mass is 269 g/mol. The van der Waals surface area contributed by atoms with Crippen LogP contribution in [0.25, 0.3) is 0 Å². The Morgan fingerprint density at radius 1 is 1.50 bits per heavy atom. The van der Waals surface area contributed by atoms with Gasteiger partial charge in [-0.1, -0.05) is 11.6 Å². The maximum absolute atomic E-state index is 11.8. The predicted octanol–water partition coefficient (Wildman–Crippen LogP) is 2.20. The molecule has 0 aliphatic heterocycles. The van der Waals surface area contributed by atoms with Crippen LogP contribution in [-0.4, -0.2) is 30.8 Å². The molecule has 0 radical (unpaired) electrons. The van der Waals surface area contributed by atoms with Gasteiger partial charge in [0.1, 0.15) is 5.75 Å². The zero-order valence-electron chi connectivity index (χ0n) is 9.99. The normalized spacial score (nSPS) is 14.5. The summed E-state index contributed by atoms with van der Waals surface area (Å²) in [6.07, 6.45) is 2.51. The molecule has 0 unspecified atom stereocenters. The Balaban J connectivity index is 1.74. The second kappa shape index (κ2) is 6.07. The average Bonchev–Trinajstić information content (AvgIpc) is 3.15. The van der Waals surface area contributed by atoms with Gasteiger partial charge >= 0.3 is 0 Å². The highest BCUT2D eigenvalue weighted by atomic mass is 35.5. The summed E-state index contributed by atoms with van der Waals surface area (Å²) in [6.45, 7) is 1.72. The lowest BCUT2D eigenvalue weighted by atomic mass is 10.2. The Labute approximate surface area is 111 Å². The summed E-state index contributed by atoms with van der Waals surface area (Å²) in [4.78, 5) is 11.8. The van der Waals surface area contributed by atoms with Gasteiger partial charge in [0.15, 0.2) is 0 Å². The summed E-state index contributed by atoms with van der Waals surface area (Å²) in [7, 11) is 0. The minimum atomic E-state index is -0.300. The Morgan fingerprint density at radius 3 is 3.00 bits per heavy atom. The molecule has 98 valence electrons. The van der Waals surface area contributed by atoms with E-state index in [-0.39, 0.29) is 17.2 Å². The van der Waals surface area contributed by atoms with Crippen molar-refractivity contribution in [1.29, 1.82) is 0 Å². The van der Waals surface area contributed by atoms with E-state index in [4.69, 9.17) is 16.3 Å². The standard InChI is InChI=1S/C13H16ClNO3/c14-12-4-3-10(16)7-11(12)13(17)15-5-6-18-8-9-1-2-9/h3-4,7,9,16H,1-2,5-6,8H2,(H,15,17). The van der Waals surface area contributed by atoms with E-state index < -0.39 is 0 Å². The topological polar surface area (TPSA) is 58.6 Å². The smallest absolute Gasteiger partial charge is 0.253 e. The van der Waals surface area contributed by atoms with Crippen molar-refractivity contribution in [2.75, 3.05) is 19.8 Å². The van der Waals surface area contributed by atoms with E-state index >= 15 is 0 Å². The van der Waals surface area contributed by atoms with Gasteiger partial charge in [0.2, 0.25) is 0 Å². The molecule has 1 aliphatic carbocycles. The summed E-state index contributed by atoms with van der Waals surface area (Å²) in [6, 6.07) is 4.29. The number of aromatic hydroxyl groups is 1. The Morgan fingerprint density at radius 2 is 2.28 bits per heavy atom. The third-order valence-corrected chi connectivity index (χ3v) is 3.11. The number of amides is 1. The molecule has 0 bridgehead atoms. The van der Waals surface area contributed by atoms with Crippen molar-refractivity contribution < 1.29 is 14.6 Å². The Kier molecular flexibility index (Phi) is 4.44. The zero-order valence-corrected chi connectivity index (χ0v) is 10.7. The Bertz CT molecular complexity index is 432. The van der Waals surface area contributed by atoms with Crippen molar-refractivity contribution >= 4 is 17.5 Å². The number of carbonyl (C=O) groups is 1. The first-order valence-corrected chi connectivity index (χ1v) is 6.39. The van der Waals surface area contributed by atoms with Crippen LogP contribution in [0.2, 0.25) is 5.02 Å². The van der Waals surface area contributed by atoms with Crippen LogP contribution in [0.1, 0.15) is 23.2 Å². The maximum atomic E-state index is 11.8. The lowest BCUT2D eigenvalue weighted by Crippen LogP contribution is -2.27. The minimum absolute atomic E-state index is 0.0227. The number of benzene rings is 1. The third-order valence-electron chi connectivity index (χ3n) is 2.78. The van der Waals surface area contributed by atoms with Gasteiger partial charge in [-0.2, -0.15) is 0 Å². The van der Waals surface area contributed by atoms with Crippen molar-refractivity contribution in [1.82, 2.24) is 5.32 Å². The molecule has 4 nitrogen and oxygen atoms in total. The number of phenolic OH excluding ortho intramolecular Hbond substituents is 1. The summed E-state index contributed by atoms with van der Waals surface area (Å²) >= 11 is 5.88. The molecule has 18 heavy (non-hydrogen) atoms. The first kappa shape index (κ1) is 13.2. The Hall–Kier alpha value is -1.26. The van der Waals surface area contributed by atoms with Crippen LogP contribution in [0.15, 0.2) is 18.2 Å². The van der Waals surface area contributed by atoms with Gasteiger partial charge in [-0.05, 0) is 37.0 Å². The van der Waals surface area contributed by atoms with Gasteiger partial charge in [0, 0.05) is 13.2 Å². The molecule has 0 heterocycles. The highest BCUT2D eigenvalue weighted by Crippen LogP contribution is 2.28. The van der Waals surface area contributed by atoms with E-state index in [0.29, 0.717) is 18.2 Å². The molecule has 1 aromatic carbocycles. The van der Waals surface area contributed by atoms with Crippen LogP contribution in [0.5, 0.6) is 5.75 Å². The molecule has 0 aromatic heterocycles. The highest BCUT2D eigenvalue weighted by molar-refractivity contribution is 6.33. The number of hydrogen-bond donors (Lipinski definition) is 2. The highest BCUT2D eigenvalue weighted by Gasteiger charge is 2.20. The lowest BCUT2D eigenvalue weighted by Gasteiger charge is -2.07. The van der Waals surface area contributed by atoms with E-state index in [9.17, 15) is 9.90 Å². The van der Waals surface area contributed by atoms with Crippen LogP contribution in [0.3, 0.4) is 0 Å². The molecule has 1 aliphatic rings. The number of nitrogens with one attached hydrogen (secondary N) is 1. The van der Waals surface area contributed by atoms with Crippen LogP contribution >= 0.6 is 11.6 Å². The number of carbonyl (C=O) groups excluding carboxylic acids is 1. The van der Waals surface area contributed by atoms with Gasteiger partial charge in [-0.15, -0.1) is 0 Å². The predicted molar refractivity (Wildman–Crippen MR) is 69.0 cm³/mol. The van der Waals surface area contributed by atoms with E-state index in [1.54, 1.807) is 0 Å². The van der Waals surface area contributed by atoms with E-state index in [0.717, 1.165) is 12.5 Å². The molecule has 0 spiro atoms. The maximum Gasteiger partial charge on any atom is 0.253 e. The average molecular weight is 270 g/mol. The van der Waals surface area contributed by atoms with Crippen LogP contribution in [0.4, 0.5) is 0 Å². The third kappa shape index (κ3) is 3.89. The molecule has 1 saturated carbocycles. The number of halogens is 1. The summed E-state index contributed by atoms with van der Waals surface area (Å²) in [5.41, 5.74) is 0.277. The number of rotatable bonds is 6. The molecule has 0 saturated heterocycles. The molecule has 1 aromatic rings. The van der Waals surface area contributed by atoms with Crippen LogP contribution in [0, 0.1) is 5.92 Å². The van der Waals surface area contributed by atoms with Crippen molar-refractivity contribution in [3.8, 4) is 5.75 Å². The van der Waals surface area contributed by atoms with Crippen molar-refractivity contribution in [2.45, 2.75) is 12.8 Å². The molecule has 1 fully saturated rings. The second-order valence-electron chi connectivity index (χ2n) is 4.44. The van der Waals surface area contributed by atoms with Gasteiger partial charge < -0.3 is 15.2 Å². The van der Waals surface area contributed by atoms with Crippen LogP contribution < -0.4 is 5.32 Å². The molecule has 0 atom stereocenters. The molecule has 1 amide bonds. The number of hydrogen-bond acceptors (Lipinski definition) is 3. The molecular formula is C13H16ClNO3. The minimum Gasteiger partial charge on any atom is -0.508 e. The summed E-state index contributed by atoms with van der Waals surface area (Å²) in [5, 5.41) is 12.3. The SMILES string of the molecule is O=C(NCCOCC1CC1)c1cc(O)ccc1Cl. The van der Waals surface area contributed by atoms with Gasteiger partial charge in [-0.25, -0.2) is 0 Å². The second-order valence-corrected chi connectivity index (χ2v) is 4.85. The van der Waals surface area contributed by atoms with Gasteiger partial charge in [0.05, 0.1) is 17.2 Å². The van der Waals surface area contributed by atoms with Crippen LogP contribution in [-0.2, 0) is 4.74 Å². The quantitative estimate of drug-likeness (QED) is 0.779. The first-order chi connectivity index (χ1) is 8.66. The lowest BCUT2D eigenvalue weighted by molar-refractivity contribution is 0.0906. The van der Waals surface area contributed by atoms with Crippen molar-refractivity contribution in [3.05, 3.63) is 28.8 Å². The molecule has 5 heteroatoms. The largest absolute Gasteiger partial charge is 0.508 e. The molecule has 2 N–H and O–H groups in total. The molecular weight excluding hydrogens is 254 g/mol. The fourth-order valence-electron chi connectivity index (χ4n) is 1.55. The number of ether oxygens (including phenoxy) is 1. The molecule has 2 rings (SSSR count). The van der Waals surface area contributed by atoms with E-state index in [2.05, 4.69) is 5.32 Å². The first-order valence-electron chi connectivity index (χ1n) is 6.01. The van der Waals surface area contributed by atoms with Gasteiger partial charge in [-0.3, -0.25) is 4.79 Å². The van der Waals surface area contributed by atoms with Crippen molar-refractivity contribution in [2.24, 2.45) is 5.92 Å². The zero-order chi connectivity index (χ0) is 13.0.